The van der Waals surface area contributed by atoms with Crippen molar-refractivity contribution in [3.05, 3.63) is 118 Å². The first-order valence-electron chi connectivity index (χ1n) is 12.0. The number of benzene rings is 2. The lowest BCUT2D eigenvalue weighted by atomic mass is 10.0. The second-order valence-corrected chi connectivity index (χ2v) is 10.3. The van der Waals surface area contributed by atoms with Crippen molar-refractivity contribution in [3.63, 3.8) is 0 Å². The number of hydrogen-bond donors (Lipinski definition) is 0. The number of furan rings is 1. The van der Waals surface area contributed by atoms with Crippen molar-refractivity contribution in [3.8, 4) is 11.3 Å². The van der Waals surface area contributed by atoms with Crippen LogP contribution >= 0.6 is 22.9 Å². The largest absolute Gasteiger partial charge is 0.463 e. The van der Waals surface area contributed by atoms with Crippen molar-refractivity contribution in [2.45, 2.75) is 26.8 Å². The molecule has 1 aliphatic heterocycles. The van der Waals surface area contributed by atoms with E-state index in [1.807, 2.05) is 31.2 Å². The Labute approximate surface area is 231 Å². The van der Waals surface area contributed by atoms with Crippen LogP contribution in [0.4, 0.5) is 5.69 Å². The van der Waals surface area contributed by atoms with Crippen LogP contribution in [-0.2, 0) is 9.53 Å². The van der Waals surface area contributed by atoms with Gasteiger partial charge >= 0.3 is 5.97 Å². The van der Waals surface area contributed by atoms with Gasteiger partial charge in [-0.1, -0.05) is 52.8 Å². The van der Waals surface area contributed by atoms with E-state index in [0.717, 1.165) is 11.1 Å². The minimum Gasteiger partial charge on any atom is -0.463 e. The third-order valence-corrected chi connectivity index (χ3v) is 7.53. The lowest BCUT2D eigenvalue weighted by Crippen LogP contribution is -2.39. The predicted octanol–water partition coefficient (Wildman–Crippen LogP) is 4.93. The van der Waals surface area contributed by atoms with Gasteiger partial charge in [-0.05, 0) is 50.6 Å². The Morgan fingerprint density at radius 2 is 1.95 bits per heavy atom. The summed E-state index contributed by atoms with van der Waals surface area (Å²) >= 11 is 7.54. The van der Waals surface area contributed by atoms with E-state index >= 15 is 0 Å². The Bertz CT molecular complexity index is 1830. The van der Waals surface area contributed by atoms with E-state index in [0.29, 0.717) is 20.6 Å². The summed E-state index contributed by atoms with van der Waals surface area (Å²) in [5.41, 5.74) is 2.32. The zero-order chi connectivity index (χ0) is 27.8. The molecule has 39 heavy (non-hydrogen) atoms. The molecule has 2 aromatic heterocycles. The molecule has 0 unspecified atom stereocenters. The molecular weight excluding hydrogens is 542 g/mol. The summed E-state index contributed by atoms with van der Waals surface area (Å²) in [6, 6.07) is 14.0. The van der Waals surface area contributed by atoms with Gasteiger partial charge in [-0.15, -0.1) is 0 Å². The number of aromatic nitrogens is 1. The van der Waals surface area contributed by atoms with Crippen LogP contribution in [-0.4, -0.2) is 22.1 Å². The zero-order valence-electron chi connectivity index (χ0n) is 21.1. The fourth-order valence-corrected chi connectivity index (χ4v) is 5.59. The van der Waals surface area contributed by atoms with Crippen molar-refractivity contribution in [1.82, 2.24) is 4.57 Å². The summed E-state index contributed by atoms with van der Waals surface area (Å²) in [6.07, 6.45) is 1.78. The number of nitro benzene ring substituents is 1. The number of halogens is 1. The Hall–Kier alpha value is -4.28. The summed E-state index contributed by atoms with van der Waals surface area (Å²) in [5, 5.41) is 11.6. The number of carbonyl (C=O) groups excluding carboxylic acids is 1. The maximum Gasteiger partial charge on any atom is 0.338 e. The molecule has 0 radical (unpaired) electrons. The van der Waals surface area contributed by atoms with Crippen LogP contribution in [0, 0.1) is 17.0 Å². The van der Waals surface area contributed by atoms with Gasteiger partial charge in [-0.3, -0.25) is 19.5 Å². The monoisotopic (exact) mass is 563 g/mol. The molecule has 0 bridgehead atoms. The number of hydrogen-bond acceptors (Lipinski definition) is 8. The molecular formula is C28H22ClN3O6S. The number of rotatable bonds is 6. The predicted molar refractivity (Wildman–Crippen MR) is 147 cm³/mol. The first-order chi connectivity index (χ1) is 18.7. The van der Waals surface area contributed by atoms with Crippen molar-refractivity contribution < 1.29 is 18.9 Å². The van der Waals surface area contributed by atoms with Crippen LogP contribution in [0.3, 0.4) is 0 Å². The van der Waals surface area contributed by atoms with Crippen LogP contribution in [0.25, 0.3) is 17.4 Å². The van der Waals surface area contributed by atoms with Crippen LogP contribution in [0.2, 0.25) is 5.02 Å². The number of non-ortho nitro benzene ring substituents is 1. The number of allylic oxidation sites excluding steroid dienone is 1. The van der Waals surface area contributed by atoms with Crippen LogP contribution < -0.4 is 14.9 Å². The first kappa shape index (κ1) is 26.3. The highest BCUT2D eigenvalue weighted by atomic mass is 35.5. The molecule has 0 fully saturated rings. The highest BCUT2D eigenvalue weighted by Gasteiger charge is 2.35. The highest BCUT2D eigenvalue weighted by molar-refractivity contribution is 7.07. The second-order valence-electron chi connectivity index (χ2n) is 8.84. The molecule has 0 N–H and O–H groups in total. The van der Waals surface area contributed by atoms with Gasteiger partial charge in [-0.2, -0.15) is 0 Å². The Morgan fingerprint density at radius 1 is 1.21 bits per heavy atom. The summed E-state index contributed by atoms with van der Waals surface area (Å²) in [7, 11) is 0. The number of fused-ring (bicyclic) bond motifs is 1. The van der Waals surface area contributed by atoms with Crippen LogP contribution in [0.15, 0.2) is 80.1 Å². The van der Waals surface area contributed by atoms with Gasteiger partial charge in [0.15, 0.2) is 4.80 Å². The van der Waals surface area contributed by atoms with E-state index in [9.17, 15) is 19.7 Å². The zero-order valence-corrected chi connectivity index (χ0v) is 22.7. The standard InChI is InChI=1S/C28H22ClN3O6S/c1-4-37-27(34)24-16(3)30-28-31(26(33)23(39-28)13-17-7-5-15(2)6-8-17)25(24)22-12-11-21(38-22)19-14-18(32(35)36)9-10-20(19)29/h5-14,25H,4H2,1-3H3/b23-13-/t25-/m0/s1. The third-order valence-electron chi connectivity index (χ3n) is 6.21. The van der Waals surface area contributed by atoms with E-state index in [-0.39, 0.29) is 40.0 Å². The quantitative estimate of drug-likeness (QED) is 0.186. The van der Waals surface area contributed by atoms with Gasteiger partial charge in [0, 0.05) is 17.7 Å². The van der Waals surface area contributed by atoms with E-state index in [1.165, 1.54) is 34.1 Å². The van der Waals surface area contributed by atoms with Gasteiger partial charge in [-0.25, -0.2) is 9.79 Å². The SMILES string of the molecule is CCOC(=O)C1=C(C)N=c2s/c(=C\c3ccc(C)cc3)c(=O)n2[C@H]1c1ccc(-c2cc([N+](=O)[O-])ccc2Cl)o1. The smallest absolute Gasteiger partial charge is 0.338 e. The fourth-order valence-electron chi connectivity index (χ4n) is 4.33. The number of carbonyl (C=O) groups is 1. The number of nitro groups is 1. The summed E-state index contributed by atoms with van der Waals surface area (Å²) in [4.78, 5) is 42.6. The Kier molecular flexibility index (Phi) is 7.07. The number of thiazole rings is 1. The van der Waals surface area contributed by atoms with Gasteiger partial charge < -0.3 is 9.15 Å². The topological polar surface area (TPSA) is 117 Å². The van der Waals surface area contributed by atoms with Gasteiger partial charge in [0.25, 0.3) is 11.2 Å². The fraction of sp³-hybridized carbons (Fsp3) is 0.179. The first-order valence-corrected chi connectivity index (χ1v) is 13.2. The summed E-state index contributed by atoms with van der Waals surface area (Å²) in [5.74, 6) is -0.117. The number of ether oxygens (including phenoxy) is 1. The second kappa shape index (κ2) is 10.5. The molecule has 9 nitrogen and oxygen atoms in total. The minimum atomic E-state index is -0.966. The average Bonchev–Trinajstić information content (AvgIpc) is 3.50. The molecule has 4 aromatic rings. The molecule has 198 valence electrons. The Morgan fingerprint density at radius 3 is 2.64 bits per heavy atom. The Balaban J connectivity index is 1.69. The molecule has 0 spiro atoms. The normalized spacial score (nSPS) is 15.2. The van der Waals surface area contributed by atoms with Crippen LogP contribution in [0.1, 0.15) is 36.8 Å². The molecule has 2 aromatic carbocycles. The maximum absolute atomic E-state index is 13.7. The van der Waals surface area contributed by atoms with Gasteiger partial charge in [0.2, 0.25) is 0 Å². The molecule has 1 atom stereocenters. The molecule has 0 amide bonds. The third kappa shape index (κ3) is 4.96. The van der Waals surface area contributed by atoms with E-state index in [1.54, 1.807) is 32.1 Å². The number of esters is 1. The molecule has 0 saturated carbocycles. The summed E-state index contributed by atoms with van der Waals surface area (Å²) < 4.78 is 13.3. The molecule has 5 rings (SSSR count). The molecule has 3 heterocycles. The number of nitrogens with zero attached hydrogens (tertiary/aromatic N) is 3. The lowest BCUT2D eigenvalue weighted by Gasteiger charge is -2.22. The van der Waals surface area contributed by atoms with Crippen molar-refractivity contribution in [2.75, 3.05) is 6.61 Å². The van der Waals surface area contributed by atoms with Gasteiger partial charge in [0.1, 0.15) is 17.6 Å². The maximum atomic E-state index is 13.7. The molecule has 0 aliphatic carbocycles. The summed E-state index contributed by atoms with van der Waals surface area (Å²) in [6.45, 7) is 5.48. The minimum absolute atomic E-state index is 0.132. The molecule has 0 saturated heterocycles. The van der Waals surface area contributed by atoms with Crippen molar-refractivity contribution in [2.24, 2.45) is 4.99 Å². The number of aryl methyl sites for hydroxylation is 1. The van der Waals surface area contributed by atoms with E-state index in [2.05, 4.69) is 4.99 Å². The lowest BCUT2D eigenvalue weighted by molar-refractivity contribution is -0.384. The van der Waals surface area contributed by atoms with Crippen molar-refractivity contribution >= 4 is 40.7 Å². The van der Waals surface area contributed by atoms with Crippen LogP contribution in [0.5, 0.6) is 0 Å². The molecule has 11 heteroatoms. The van der Waals surface area contributed by atoms with E-state index in [4.69, 9.17) is 20.8 Å². The van der Waals surface area contributed by atoms with Crippen molar-refractivity contribution in [1.29, 1.82) is 0 Å². The molecule has 1 aliphatic rings. The van der Waals surface area contributed by atoms with E-state index < -0.39 is 16.9 Å². The van der Waals surface area contributed by atoms with Gasteiger partial charge in [0.05, 0.1) is 32.4 Å². The average molecular weight is 564 g/mol. The highest BCUT2D eigenvalue weighted by Crippen LogP contribution is 2.37.